The molecule has 0 aliphatic heterocycles. The molecule has 2 aromatic carbocycles. The molecule has 6 nitrogen and oxygen atoms in total. The van der Waals surface area contributed by atoms with Gasteiger partial charge in [-0.25, -0.2) is 4.98 Å². The molecule has 144 valence electrons. The summed E-state index contributed by atoms with van der Waals surface area (Å²) < 4.78 is 0. The molecule has 3 aromatic rings. The number of amides is 2. The monoisotopic (exact) mass is 376 g/mol. The molecule has 2 amide bonds. The van der Waals surface area contributed by atoms with Gasteiger partial charge < -0.3 is 16.0 Å². The number of primary amides is 1. The van der Waals surface area contributed by atoms with Gasteiger partial charge in [-0.15, -0.1) is 0 Å². The summed E-state index contributed by atoms with van der Waals surface area (Å²) in [5, 5.41) is 2.94. The summed E-state index contributed by atoms with van der Waals surface area (Å²) in [6, 6.07) is 16.5. The second-order valence-corrected chi connectivity index (χ2v) is 7.67. The number of aromatic amines is 1. The van der Waals surface area contributed by atoms with Crippen molar-refractivity contribution in [3.63, 3.8) is 0 Å². The smallest absolute Gasteiger partial charge is 0.270 e. The van der Waals surface area contributed by atoms with Crippen molar-refractivity contribution in [2.75, 3.05) is 0 Å². The van der Waals surface area contributed by atoms with Gasteiger partial charge >= 0.3 is 0 Å². The summed E-state index contributed by atoms with van der Waals surface area (Å²) in [5.41, 5.74) is 8.16. The average Bonchev–Trinajstić information content (AvgIpc) is 3.13. The fourth-order valence-corrected chi connectivity index (χ4v) is 2.76. The number of aromatic nitrogens is 2. The molecule has 0 unspecified atom stereocenters. The summed E-state index contributed by atoms with van der Waals surface area (Å²) >= 11 is 0. The van der Waals surface area contributed by atoms with Crippen LogP contribution in [0.3, 0.4) is 0 Å². The number of hydrogen-bond acceptors (Lipinski definition) is 3. The van der Waals surface area contributed by atoms with E-state index in [-0.39, 0.29) is 11.3 Å². The first kappa shape index (κ1) is 19.4. The van der Waals surface area contributed by atoms with Crippen LogP contribution in [0.4, 0.5) is 0 Å². The van der Waals surface area contributed by atoms with Gasteiger partial charge in [-0.3, -0.25) is 9.59 Å². The number of nitrogens with one attached hydrogen (secondary N) is 2. The van der Waals surface area contributed by atoms with Gasteiger partial charge in [0.2, 0.25) is 5.91 Å². The Morgan fingerprint density at radius 2 is 1.68 bits per heavy atom. The van der Waals surface area contributed by atoms with Gasteiger partial charge in [-0.2, -0.15) is 0 Å². The summed E-state index contributed by atoms with van der Waals surface area (Å²) in [7, 11) is 0. The highest BCUT2D eigenvalue weighted by Gasteiger charge is 2.25. The molecule has 6 heteroatoms. The highest BCUT2D eigenvalue weighted by atomic mass is 16.2. The molecule has 1 heterocycles. The first-order valence-corrected chi connectivity index (χ1v) is 9.08. The van der Waals surface area contributed by atoms with Crippen molar-refractivity contribution in [1.82, 2.24) is 15.3 Å². The number of carbonyl (C=O) groups is 2. The van der Waals surface area contributed by atoms with Crippen LogP contribution in [0.5, 0.6) is 0 Å². The van der Waals surface area contributed by atoms with Crippen LogP contribution in [-0.4, -0.2) is 21.8 Å². The molecule has 28 heavy (non-hydrogen) atoms. The van der Waals surface area contributed by atoms with E-state index in [1.54, 1.807) is 24.3 Å². The Morgan fingerprint density at radius 3 is 2.25 bits per heavy atom. The molecule has 0 saturated carbocycles. The van der Waals surface area contributed by atoms with Crippen LogP contribution in [-0.2, 0) is 12.0 Å². The first-order chi connectivity index (χ1) is 13.3. The van der Waals surface area contributed by atoms with Gasteiger partial charge in [-0.05, 0) is 17.7 Å². The van der Waals surface area contributed by atoms with E-state index in [1.165, 1.54) is 0 Å². The van der Waals surface area contributed by atoms with Gasteiger partial charge in [0.15, 0.2) is 0 Å². The van der Waals surface area contributed by atoms with Gasteiger partial charge in [0.05, 0.1) is 0 Å². The van der Waals surface area contributed by atoms with Gasteiger partial charge in [0.1, 0.15) is 17.2 Å². The lowest BCUT2D eigenvalue weighted by atomic mass is 9.96. The lowest BCUT2D eigenvalue weighted by Gasteiger charge is -2.14. The van der Waals surface area contributed by atoms with E-state index in [0.29, 0.717) is 29.3 Å². The zero-order chi connectivity index (χ0) is 20.3. The summed E-state index contributed by atoms with van der Waals surface area (Å²) in [4.78, 5) is 32.0. The van der Waals surface area contributed by atoms with E-state index in [4.69, 9.17) is 5.73 Å². The van der Waals surface area contributed by atoms with Crippen molar-refractivity contribution in [3.8, 4) is 11.3 Å². The van der Waals surface area contributed by atoms with Crippen LogP contribution in [0.2, 0.25) is 0 Å². The van der Waals surface area contributed by atoms with Crippen molar-refractivity contribution in [3.05, 3.63) is 77.2 Å². The second-order valence-electron chi connectivity index (χ2n) is 7.67. The fourth-order valence-electron chi connectivity index (χ4n) is 2.76. The molecule has 0 aliphatic carbocycles. The van der Waals surface area contributed by atoms with Crippen molar-refractivity contribution in [2.24, 2.45) is 5.73 Å². The van der Waals surface area contributed by atoms with E-state index in [2.05, 4.69) is 15.3 Å². The number of H-pyrrole nitrogens is 1. The first-order valence-electron chi connectivity index (χ1n) is 9.08. The van der Waals surface area contributed by atoms with Gasteiger partial charge in [0.25, 0.3) is 5.91 Å². The minimum Gasteiger partial charge on any atom is -0.366 e. The van der Waals surface area contributed by atoms with Gasteiger partial charge in [-0.1, -0.05) is 63.2 Å². The lowest BCUT2D eigenvalue weighted by molar-refractivity contribution is 0.0945. The third-order valence-electron chi connectivity index (χ3n) is 4.38. The maximum Gasteiger partial charge on any atom is 0.270 e. The fraction of sp³-hybridized carbons (Fsp3) is 0.227. The third-order valence-corrected chi connectivity index (χ3v) is 4.38. The van der Waals surface area contributed by atoms with Crippen LogP contribution in [0, 0.1) is 0 Å². The molecular formula is C22H24N4O2. The Hall–Kier alpha value is -3.41. The average molecular weight is 376 g/mol. The molecule has 0 fully saturated rings. The Bertz CT molecular complexity index is 984. The molecule has 0 aliphatic rings. The number of imidazole rings is 1. The number of hydrogen-bond donors (Lipinski definition) is 3. The van der Waals surface area contributed by atoms with E-state index < -0.39 is 5.91 Å². The number of carbonyl (C=O) groups excluding carboxylic acids is 2. The Morgan fingerprint density at radius 1 is 1.04 bits per heavy atom. The van der Waals surface area contributed by atoms with Crippen molar-refractivity contribution in [2.45, 2.75) is 32.7 Å². The number of benzene rings is 2. The lowest BCUT2D eigenvalue weighted by Crippen LogP contribution is -2.24. The topological polar surface area (TPSA) is 101 Å². The molecule has 0 radical (unpaired) electrons. The normalized spacial score (nSPS) is 11.2. The van der Waals surface area contributed by atoms with Crippen molar-refractivity contribution >= 4 is 11.8 Å². The highest BCUT2D eigenvalue weighted by molar-refractivity contribution is 5.99. The van der Waals surface area contributed by atoms with Crippen LogP contribution < -0.4 is 11.1 Å². The zero-order valence-corrected chi connectivity index (χ0v) is 16.2. The number of nitrogens with two attached hydrogens (primary N) is 1. The molecular weight excluding hydrogens is 352 g/mol. The Kier molecular flexibility index (Phi) is 5.31. The van der Waals surface area contributed by atoms with Crippen LogP contribution in [0.15, 0.2) is 54.6 Å². The number of rotatable bonds is 5. The van der Waals surface area contributed by atoms with Crippen LogP contribution >= 0.6 is 0 Å². The standard InChI is InChI=1S/C22H24N4O2/c1-22(2,3)21-25-17(15-9-11-16(12-10-15)19(23)27)18(26-21)20(28)24-13-14-7-5-4-6-8-14/h4-12H,13H2,1-3H3,(H2,23,27)(H,24,28)(H,25,26). The molecule has 4 N–H and O–H groups in total. The molecule has 0 saturated heterocycles. The van der Waals surface area contributed by atoms with Crippen LogP contribution in [0.1, 0.15) is 53.0 Å². The van der Waals surface area contributed by atoms with E-state index in [1.807, 2.05) is 51.1 Å². The Labute approximate surface area is 164 Å². The quantitative estimate of drug-likeness (QED) is 0.636. The van der Waals surface area contributed by atoms with E-state index in [9.17, 15) is 9.59 Å². The minimum atomic E-state index is -0.496. The van der Waals surface area contributed by atoms with Gasteiger partial charge in [0, 0.05) is 23.1 Å². The third kappa shape index (κ3) is 4.28. The highest BCUT2D eigenvalue weighted by Crippen LogP contribution is 2.27. The molecule has 1 aromatic heterocycles. The maximum atomic E-state index is 12.9. The minimum absolute atomic E-state index is 0.235. The van der Waals surface area contributed by atoms with E-state index in [0.717, 1.165) is 11.1 Å². The zero-order valence-electron chi connectivity index (χ0n) is 16.2. The largest absolute Gasteiger partial charge is 0.366 e. The van der Waals surface area contributed by atoms with Crippen molar-refractivity contribution in [1.29, 1.82) is 0 Å². The van der Waals surface area contributed by atoms with E-state index >= 15 is 0 Å². The predicted octanol–water partition coefficient (Wildman–Crippen LogP) is 3.40. The molecule has 0 bridgehead atoms. The Balaban J connectivity index is 1.93. The SMILES string of the molecule is CC(C)(C)c1nc(-c2ccc(C(N)=O)cc2)c(C(=O)NCc2ccccc2)[nH]1. The summed E-state index contributed by atoms with van der Waals surface area (Å²) in [6.07, 6.45) is 0. The molecule has 3 rings (SSSR count). The van der Waals surface area contributed by atoms with Crippen molar-refractivity contribution < 1.29 is 9.59 Å². The summed E-state index contributed by atoms with van der Waals surface area (Å²) in [6.45, 7) is 6.50. The summed E-state index contributed by atoms with van der Waals surface area (Å²) in [5.74, 6) is -0.0167. The predicted molar refractivity (Wildman–Crippen MR) is 109 cm³/mol. The second kappa shape index (κ2) is 7.68. The molecule has 0 spiro atoms. The number of nitrogens with zero attached hydrogens (tertiary/aromatic N) is 1. The molecule has 0 atom stereocenters. The maximum absolute atomic E-state index is 12.9. The van der Waals surface area contributed by atoms with Crippen LogP contribution in [0.25, 0.3) is 11.3 Å².